The molecule has 1 aliphatic heterocycles. The van der Waals surface area contributed by atoms with Crippen LogP contribution in [0.5, 0.6) is 0 Å². The van der Waals surface area contributed by atoms with Crippen molar-refractivity contribution in [3.8, 4) is 16.8 Å². The molecule has 3 heterocycles. The molecule has 5 nitrogen and oxygen atoms in total. The number of nitrogens with zero attached hydrogens (tertiary/aromatic N) is 5. The number of rotatable bonds is 3. The van der Waals surface area contributed by atoms with Crippen molar-refractivity contribution in [3.05, 3.63) is 68.5 Å². The van der Waals surface area contributed by atoms with Crippen LogP contribution in [-0.2, 0) is 0 Å². The van der Waals surface area contributed by atoms with E-state index in [-0.39, 0.29) is 0 Å². The summed E-state index contributed by atoms with van der Waals surface area (Å²) in [5.41, 5.74) is 3.30. The third kappa shape index (κ3) is 3.88. The molecule has 0 saturated carbocycles. The highest BCUT2D eigenvalue weighted by Gasteiger charge is 2.27. The fourth-order valence-electron chi connectivity index (χ4n) is 4.09. The molecule has 0 aliphatic carbocycles. The Morgan fingerprint density at radius 1 is 0.906 bits per heavy atom. The van der Waals surface area contributed by atoms with Crippen LogP contribution in [0.3, 0.4) is 0 Å². The van der Waals surface area contributed by atoms with Crippen LogP contribution in [0.25, 0.3) is 27.8 Å². The maximum Gasteiger partial charge on any atom is 0.151 e. The van der Waals surface area contributed by atoms with Crippen LogP contribution >= 0.6 is 50.7 Å². The van der Waals surface area contributed by atoms with Gasteiger partial charge in [0.1, 0.15) is 17.3 Å². The van der Waals surface area contributed by atoms with E-state index < -0.39 is 0 Å². The average Bonchev–Trinajstić information content (AvgIpc) is 3.07. The van der Waals surface area contributed by atoms with E-state index in [2.05, 4.69) is 37.8 Å². The SMILES string of the molecule is CN1CCN(c2ncnc3c2c(-c2ccc(Br)cc2)c(Cl)n3-c2ccc(Cl)cc2Cl)CC1. The molecular formula is C23H19BrCl3N5. The number of anilines is 1. The summed E-state index contributed by atoms with van der Waals surface area (Å²) in [6, 6.07) is 13.5. The second kappa shape index (κ2) is 8.84. The molecule has 1 aliphatic rings. The molecule has 0 bridgehead atoms. The number of likely N-dealkylation sites (N-methyl/N-ethyl adjacent to an activating group) is 1. The van der Waals surface area contributed by atoms with Crippen molar-refractivity contribution in [2.75, 3.05) is 38.1 Å². The Hall–Kier alpha value is -1.83. The molecule has 2 aromatic carbocycles. The summed E-state index contributed by atoms with van der Waals surface area (Å²) in [5, 5.41) is 2.50. The summed E-state index contributed by atoms with van der Waals surface area (Å²) < 4.78 is 2.88. The minimum Gasteiger partial charge on any atom is -0.353 e. The third-order valence-electron chi connectivity index (χ3n) is 5.76. The van der Waals surface area contributed by atoms with Crippen LogP contribution in [0, 0.1) is 0 Å². The number of fused-ring (bicyclic) bond motifs is 1. The van der Waals surface area contributed by atoms with Crippen molar-refractivity contribution < 1.29 is 0 Å². The Balaban J connectivity index is 1.81. The van der Waals surface area contributed by atoms with Crippen LogP contribution in [0.15, 0.2) is 53.3 Å². The Morgan fingerprint density at radius 3 is 2.31 bits per heavy atom. The predicted molar refractivity (Wildman–Crippen MR) is 137 cm³/mol. The van der Waals surface area contributed by atoms with Crippen LogP contribution < -0.4 is 4.90 Å². The third-order valence-corrected chi connectivity index (χ3v) is 7.18. The Labute approximate surface area is 209 Å². The molecule has 2 aromatic heterocycles. The number of benzene rings is 2. The summed E-state index contributed by atoms with van der Waals surface area (Å²) >= 11 is 23.3. The number of hydrogen-bond donors (Lipinski definition) is 0. The van der Waals surface area contributed by atoms with Crippen molar-refractivity contribution in [2.45, 2.75) is 0 Å². The molecule has 0 atom stereocenters. The van der Waals surface area contributed by atoms with Crippen molar-refractivity contribution in [1.82, 2.24) is 19.4 Å². The first-order valence-electron chi connectivity index (χ1n) is 10.1. The zero-order valence-corrected chi connectivity index (χ0v) is 21.0. The number of piperazine rings is 1. The quantitative estimate of drug-likeness (QED) is 0.289. The highest BCUT2D eigenvalue weighted by atomic mass is 79.9. The maximum absolute atomic E-state index is 7.07. The van der Waals surface area contributed by atoms with Crippen LogP contribution in [0.1, 0.15) is 0 Å². The predicted octanol–water partition coefficient (Wildman–Crippen LogP) is 6.56. The lowest BCUT2D eigenvalue weighted by molar-refractivity contribution is 0.312. The molecule has 0 unspecified atom stereocenters. The fourth-order valence-corrected chi connectivity index (χ4v) is 5.22. The highest BCUT2D eigenvalue weighted by Crippen LogP contribution is 2.44. The first-order valence-corrected chi connectivity index (χ1v) is 12.1. The normalized spacial score (nSPS) is 15.0. The molecule has 0 radical (unpaired) electrons. The highest BCUT2D eigenvalue weighted by molar-refractivity contribution is 9.10. The minimum atomic E-state index is 0.499. The van der Waals surface area contributed by atoms with E-state index in [9.17, 15) is 0 Å². The lowest BCUT2D eigenvalue weighted by Crippen LogP contribution is -2.44. The molecule has 164 valence electrons. The van der Waals surface area contributed by atoms with E-state index in [1.165, 1.54) is 0 Å². The average molecular weight is 552 g/mol. The molecule has 9 heteroatoms. The molecule has 32 heavy (non-hydrogen) atoms. The summed E-state index contributed by atoms with van der Waals surface area (Å²) in [4.78, 5) is 14.0. The van der Waals surface area contributed by atoms with Gasteiger partial charge in [0.05, 0.1) is 16.1 Å². The molecule has 5 rings (SSSR count). The van der Waals surface area contributed by atoms with E-state index in [0.29, 0.717) is 20.8 Å². The van der Waals surface area contributed by atoms with Gasteiger partial charge in [0.2, 0.25) is 0 Å². The zero-order chi connectivity index (χ0) is 22.4. The van der Waals surface area contributed by atoms with Gasteiger partial charge in [-0.15, -0.1) is 0 Å². The Kier molecular flexibility index (Phi) is 6.07. The first kappa shape index (κ1) is 22.0. The van der Waals surface area contributed by atoms with Crippen molar-refractivity contribution >= 4 is 67.6 Å². The first-order chi connectivity index (χ1) is 15.4. The van der Waals surface area contributed by atoms with Gasteiger partial charge in [0.25, 0.3) is 0 Å². The molecule has 0 spiro atoms. The molecule has 4 aromatic rings. The summed E-state index contributed by atoms with van der Waals surface area (Å²) in [6.07, 6.45) is 1.60. The van der Waals surface area contributed by atoms with E-state index in [1.54, 1.807) is 18.5 Å². The van der Waals surface area contributed by atoms with Gasteiger partial charge in [0.15, 0.2) is 5.65 Å². The Bertz CT molecular complexity index is 1300. The van der Waals surface area contributed by atoms with Crippen LogP contribution in [-0.4, -0.2) is 52.7 Å². The number of aromatic nitrogens is 3. The topological polar surface area (TPSA) is 37.2 Å². The molecule has 1 fully saturated rings. The van der Waals surface area contributed by atoms with Gasteiger partial charge < -0.3 is 9.80 Å². The van der Waals surface area contributed by atoms with Gasteiger partial charge in [-0.2, -0.15) is 0 Å². The minimum absolute atomic E-state index is 0.499. The van der Waals surface area contributed by atoms with Gasteiger partial charge in [-0.05, 0) is 42.9 Å². The molecule has 1 saturated heterocycles. The zero-order valence-electron chi connectivity index (χ0n) is 17.2. The smallest absolute Gasteiger partial charge is 0.151 e. The number of hydrogen-bond acceptors (Lipinski definition) is 4. The van der Waals surface area contributed by atoms with Crippen molar-refractivity contribution in [1.29, 1.82) is 0 Å². The second-order valence-electron chi connectivity index (χ2n) is 7.79. The summed E-state index contributed by atoms with van der Waals surface area (Å²) in [5.74, 6) is 0.881. The van der Waals surface area contributed by atoms with Crippen molar-refractivity contribution in [2.24, 2.45) is 0 Å². The lowest BCUT2D eigenvalue weighted by Gasteiger charge is -2.33. The fraction of sp³-hybridized carbons (Fsp3) is 0.217. The standard InChI is InChI=1S/C23H19BrCl3N5/c1-30-8-10-31(11-9-30)22-20-19(14-2-4-15(24)5-3-14)21(27)32(23(20)29-13-28-22)18-7-6-16(25)12-17(18)26/h2-7,12-13H,8-11H2,1H3. The van der Waals surface area contributed by atoms with Crippen molar-refractivity contribution in [3.63, 3.8) is 0 Å². The molecule has 0 N–H and O–H groups in total. The van der Waals surface area contributed by atoms with Gasteiger partial charge >= 0.3 is 0 Å². The van der Waals surface area contributed by atoms with Gasteiger partial charge in [0, 0.05) is 41.2 Å². The van der Waals surface area contributed by atoms with Crippen LogP contribution in [0.4, 0.5) is 5.82 Å². The molecular weight excluding hydrogens is 533 g/mol. The number of halogens is 4. The van der Waals surface area contributed by atoms with Gasteiger partial charge in [-0.25, -0.2) is 9.97 Å². The Morgan fingerprint density at radius 2 is 1.62 bits per heavy atom. The second-order valence-corrected chi connectivity index (χ2v) is 9.91. The van der Waals surface area contributed by atoms with E-state index >= 15 is 0 Å². The maximum atomic E-state index is 7.07. The summed E-state index contributed by atoms with van der Waals surface area (Å²) in [7, 11) is 2.13. The van der Waals surface area contributed by atoms with E-state index in [0.717, 1.165) is 58.7 Å². The van der Waals surface area contributed by atoms with Crippen LogP contribution in [0.2, 0.25) is 15.2 Å². The summed E-state index contributed by atoms with van der Waals surface area (Å²) in [6.45, 7) is 3.70. The van der Waals surface area contributed by atoms with Gasteiger partial charge in [-0.3, -0.25) is 4.57 Å². The largest absolute Gasteiger partial charge is 0.353 e. The van der Waals surface area contributed by atoms with E-state index in [1.807, 2.05) is 34.9 Å². The van der Waals surface area contributed by atoms with E-state index in [4.69, 9.17) is 39.8 Å². The van der Waals surface area contributed by atoms with Gasteiger partial charge in [-0.1, -0.05) is 62.9 Å². The monoisotopic (exact) mass is 549 g/mol. The lowest BCUT2D eigenvalue weighted by atomic mass is 10.1. The molecule has 0 amide bonds.